The van der Waals surface area contributed by atoms with Gasteiger partial charge in [0.25, 0.3) is 0 Å². The Kier molecular flexibility index (Phi) is 6.38. The average Bonchev–Trinajstić information content (AvgIpc) is 3.78. The Morgan fingerprint density at radius 3 is 1.48 bits per heavy atom. The molecule has 3 heterocycles. The third-order valence-electron chi connectivity index (χ3n) is 12.1. The van der Waals surface area contributed by atoms with Crippen LogP contribution in [0.2, 0.25) is 0 Å². The van der Waals surface area contributed by atoms with E-state index in [1.54, 1.807) is 0 Å². The Balaban J connectivity index is 1.15. The molecule has 0 bridgehead atoms. The van der Waals surface area contributed by atoms with E-state index in [9.17, 15) is 0 Å². The summed E-state index contributed by atoms with van der Waals surface area (Å²) in [6.07, 6.45) is 0. The number of hydrogen-bond acceptors (Lipinski definition) is 3. The maximum Gasteiger partial charge on any atom is 0.238 e. The van der Waals surface area contributed by atoms with E-state index < -0.39 is 0 Å². The highest BCUT2D eigenvalue weighted by Gasteiger charge is 2.28. The first-order valence-corrected chi connectivity index (χ1v) is 19.7. The fourth-order valence-electron chi connectivity index (χ4n) is 9.70. The van der Waals surface area contributed by atoms with Gasteiger partial charge in [0.1, 0.15) is 0 Å². The van der Waals surface area contributed by atoms with Gasteiger partial charge in [-0.05, 0) is 80.9 Å². The molecular formula is C53H31N5. The SMILES string of the molecule is c1ccc(-c2nc(-c3ccc(-c4ccccc4)c4ccccc34)nc(-n3c4cccc5c4c4c6c(ccc7c6c6c-5cccc6n7-c5ccccc5)ccc43)n2)cc1. The predicted octanol–water partition coefficient (Wildman–Crippen LogP) is 13.4. The lowest BCUT2D eigenvalue weighted by Crippen LogP contribution is -2.06. The zero-order chi connectivity index (χ0) is 37.9. The minimum Gasteiger partial charge on any atom is -0.309 e. The number of rotatable bonds is 5. The van der Waals surface area contributed by atoms with Crippen LogP contribution in [0.4, 0.5) is 0 Å². The van der Waals surface area contributed by atoms with Crippen molar-refractivity contribution in [2.24, 2.45) is 0 Å². The third-order valence-corrected chi connectivity index (χ3v) is 12.1. The van der Waals surface area contributed by atoms with Crippen LogP contribution in [-0.2, 0) is 0 Å². The number of para-hydroxylation sites is 1. The Labute approximate surface area is 332 Å². The molecule has 9 aromatic carbocycles. The molecule has 0 atom stereocenters. The lowest BCUT2D eigenvalue weighted by atomic mass is 9.95. The molecule has 0 N–H and O–H groups in total. The number of fused-ring (bicyclic) bond motifs is 2. The lowest BCUT2D eigenvalue weighted by Gasteiger charge is -2.14. The van der Waals surface area contributed by atoms with Crippen molar-refractivity contribution in [3.05, 3.63) is 188 Å². The zero-order valence-corrected chi connectivity index (χ0v) is 31.1. The van der Waals surface area contributed by atoms with Crippen molar-refractivity contribution in [2.45, 2.75) is 0 Å². The highest BCUT2D eigenvalue weighted by molar-refractivity contribution is 6.38. The maximum atomic E-state index is 5.43. The Hall–Kier alpha value is -7.89. The molecule has 5 nitrogen and oxygen atoms in total. The molecule has 13 rings (SSSR count). The van der Waals surface area contributed by atoms with Crippen LogP contribution in [0.15, 0.2) is 188 Å². The van der Waals surface area contributed by atoms with Crippen molar-refractivity contribution < 1.29 is 0 Å². The van der Waals surface area contributed by atoms with Crippen molar-refractivity contribution in [1.29, 1.82) is 0 Å². The number of benzene rings is 9. The molecule has 58 heavy (non-hydrogen) atoms. The molecule has 0 fully saturated rings. The zero-order valence-electron chi connectivity index (χ0n) is 31.1. The maximum absolute atomic E-state index is 5.43. The Morgan fingerprint density at radius 2 is 0.810 bits per heavy atom. The molecule has 1 aliphatic rings. The van der Waals surface area contributed by atoms with E-state index in [0.717, 1.165) is 38.6 Å². The summed E-state index contributed by atoms with van der Waals surface area (Å²) in [5.41, 5.74) is 12.4. The first-order chi connectivity index (χ1) is 28.8. The normalized spacial score (nSPS) is 12.1. The van der Waals surface area contributed by atoms with E-state index in [2.05, 4.69) is 179 Å². The van der Waals surface area contributed by atoms with Crippen LogP contribution in [0, 0.1) is 0 Å². The van der Waals surface area contributed by atoms with E-state index in [1.165, 1.54) is 65.6 Å². The quantitative estimate of drug-likeness (QED) is 0.177. The summed E-state index contributed by atoms with van der Waals surface area (Å²) in [6, 6.07) is 67.0. The molecular weight excluding hydrogens is 707 g/mol. The fraction of sp³-hybridized carbons (Fsp3) is 0. The third kappa shape index (κ3) is 4.27. The van der Waals surface area contributed by atoms with Crippen LogP contribution in [0.3, 0.4) is 0 Å². The molecule has 268 valence electrons. The van der Waals surface area contributed by atoms with Gasteiger partial charge < -0.3 is 4.57 Å². The van der Waals surface area contributed by atoms with Gasteiger partial charge in [-0.25, -0.2) is 4.98 Å². The topological polar surface area (TPSA) is 48.5 Å². The van der Waals surface area contributed by atoms with E-state index in [0.29, 0.717) is 17.6 Å². The monoisotopic (exact) mass is 737 g/mol. The van der Waals surface area contributed by atoms with Gasteiger partial charge in [-0.3, -0.25) is 4.57 Å². The highest BCUT2D eigenvalue weighted by Crippen LogP contribution is 2.51. The molecule has 1 aliphatic carbocycles. The summed E-state index contributed by atoms with van der Waals surface area (Å²) in [5, 5.41) is 9.72. The molecule has 0 amide bonds. The standard InChI is InChI=1S/C53H31N5/c1-4-14-32(15-5-1)36-28-29-41(38-21-11-10-20-37(36)38)52-54-51(34-16-6-2-7-17-34)55-53(56-52)58-43-25-13-23-40-39-22-12-24-42-47(39)49-44(57(42)35-18-8-3-9-19-35)30-26-33-27-31-45(58)50(46(33)49)48(40)43/h1-31H. The predicted molar refractivity (Wildman–Crippen MR) is 239 cm³/mol. The van der Waals surface area contributed by atoms with Crippen molar-refractivity contribution in [1.82, 2.24) is 24.1 Å². The molecule has 3 aromatic heterocycles. The summed E-state index contributed by atoms with van der Waals surface area (Å²) in [5.74, 6) is 1.85. The second kappa shape index (κ2) is 11.8. The van der Waals surface area contributed by atoms with Gasteiger partial charge in [0.2, 0.25) is 5.95 Å². The number of hydrogen-bond donors (Lipinski definition) is 0. The molecule has 0 saturated heterocycles. The smallest absolute Gasteiger partial charge is 0.238 e. The molecule has 0 aliphatic heterocycles. The first-order valence-electron chi connectivity index (χ1n) is 19.7. The van der Waals surface area contributed by atoms with Crippen molar-refractivity contribution in [3.63, 3.8) is 0 Å². The summed E-state index contributed by atoms with van der Waals surface area (Å²) >= 11 is 0. The van der Waals surface area contributed by atoms with E-state index in [-0.39, 0.29) is 0 Å². The molecule has 0 spiro atoms. The van der Waals surface area contributed by atoms with Gasteiger partial charge in [0, 0.05) is 43.7 Å². The first kappa shape index (κ1) is 31.3. The number of nitrogens with zero attached hydrogens (tertiary/aromatic N) is 5. The summed E-state index contributed by atoms with van der Waals surface area (Å²) in [7, 11) is 0. The largest absolute Gasteiger partial charge is 0.309 e. The van der Waals surface area contributed by atoms with E-state index in [1.807, 2.05) is 18.2 Å². The van der Waals surface area contributed by atoms with Crippen LogP contribution < -0.4 is 0 Å². The number of aromatic nitrogens is 5. The van der Waals surface area contributed by atoms with Crippen LogP contribution in [0.25, 0.3) is 122 Å². The summed E-state index contributed by atoms with van der Waals surface area (Å²) in [4.78, 5) is 16.0. The van der Waals surface area contributed by atoms with Crippen LogP contribution in [0.5, 0.6) is 0 Å². The van der Waals surface area contributed by atoms with Gasteiger partial charge >= 0.3 is 0 Å². The summed E-state index contributed by atoms with van der Waals surface area (Å²) in [6.45, 7) is 0. The van der Waals surface area contributed by atoms with Gasteiger partial charge in [-0.2, -0.15) is 9.97 Å². The summed E-state index contributed by atoms with van der Waals surface area (Å²) < 4.78 is 4.69. The fourth-order valence-corrected chi connectivity index (χ4v) is 9.70. The average molecular weight is 738 g/mol. The van der Waals surface area contributed by atoms with Gasteiger partial charge in [-0.1, -0.05) is 146 Å². The Bertz CT molecular complexity index is 3660. The minimum atomic E-state index is 0.588. The van der Waals surface area contributed by atoms with Crippen LogP contribution in [-0.4, -0.2) is 24.1 Å². The van der Waals surface area contributed by atoms with E-state index >= 15 is 0 Å². The lowest BCUT2D eigenvalue weighted by molar-refractivity contribution is 0.954. The van der Waals surface area contributed by atoms with Gasteiger partial charge in [0.05, 0.1) is 22.1 Å². The molecule has 0 radical (unpaired) electrons. The Morgan fingerprint density at radius 1 is 0.293 bits per heavy atom. The van der Waals surface area contributed by atoms with Gasteiger partial charge in [0.15, 0.2) is 11.6 Å². The second-order valence-corrected chi connectivity index (χ2v) is 15.1. The molecule has 5 heteroatoms. The molecule has 0 saturated carbocycles. The van der Waals surface area contributed by atoms with Crippen LogP contribution >= 0.6 is 0 Å². The highest BCUT2D eigenvalue weighted by atomic mass is 15.2. The van der Waals surface area contributed by atoms with Crippen LogP contribution in [0.1, 0.15) is 0 Å². The second-order valence-electron chi connectivity index (χ2n) is 15.1. The molecule has 12 aromatic rings. The van der Waals surface area contributed by atoms with Gasteiger partial charge in [-0.15, -0.1) is 0 Å². The minimum absolute atomic E-state index is 0.588. The van der Waals surface area contributed by atoms with Crippen molar-refractivity contribution in [2.75, 3.05) is 0 Å². The van der Waals surface area contributed by atoms with Crippen molar-refractivity contribution in [3.8, 4) is 56.7 Å². The van der Waals surface area contributed by atoms with Crippen molar-refractivity contribution >= 4 is 65.2 Å². The molecule has 0 unspecified atom stereocenters. The van der Waals surface area contributed by atoms with E-state index in [4.69, 9.17) is 15.0 Å².